The predicted molar refractivity (Wildman–Crippen MR) is 88.9 cm³/mol. The molecule has 2 aromatic rings. The summed E-state index contributed by atoms with van der Waals surface area (Å²) >= 11 is 0. The van der Waals surface area contributed by atoms with Crippen LogP contribution in [0, 0.1) is 17.2 Å². The highest BCUT2D eigenvalue weighted by molar-refractivity contribution is 5.90. The Morgan fingerprint density at radius 1 is 1.57 bits per heavy atom. The Morgan fingerprint density at radius 2 is 2.39 bits per heavy atom. The molecule has 23 heavy (non-hydrogen) atoms. The number of hydrogen-bond acceptors (Lipinski definition) is 4. The molecule has 1 fully saturated rings. The zero-order valence-electron chi connectivity index (χ0n) is 13.5. The second-order valence-corrected chi connectivity index (χ2v) is 6.19. The molecule has 3 rings (SSSR count). The van der Waals surface area contributed by atoms with Gasteiger partial charge in [0.05, 0.1) is 17.6 Å². The Bertz CT molecular complexity index is 747. The number of nitrogens with zero attached hydrogens (tertiary/aromatic N) is 4. The molecule has 2 aromatic heterocycles. The van der Waals surface area contributed by atoms with Crippen LogP contribution in [0.1, 0.15) is 19.8 Å². The summed E-state index contributed by atoms with van der Waals surface area (Å²) in [7, 11) is 2.04. The Balaban J connectivity index is 1.85. The zero-order valence-corrected chi connectivity index (χ0v) is 13.5. The van der Waals surface area contributed by atoms with Crippen LogP contribution in [0.4, 0.5) is 5.82 Å². The number of likely N-dealkylation sites (N-methyl/N-ethyl adjacent to an activating group) is 1. The number of nitriles is 1. The molecule has 0 aromatic carbocycles. The smallest absolute Gasteiger partial charge is 0.236 e. The average Bonchev–Trinajstić information content (AvgIpc) is 3.03. The van der Waals surface area contributed by atoms with Crippen LogP contribution in [0.2, 0.25) is 0 Å². The second-order valence-electron chi connectivity index (χ2n) is 6.19. The second kappa shape index (κ2) is 6.29. The molecule has 6 nitrogen and oxygen atoms in total. The maximum Gasteiger partial charge on any atom is 0.236 e. The van der Waals surface area contributed by atoms with Crippen LogP contribution in [0.25, 0.3) is 10.9 Å². The van der Waals surface area contributed by atoms with Gasteiger partial charge in [0.25, 0.3) is 0 Å². The number of fused-ring (bicyclic) bond motifs is 1. The van der Waals surface area contributed by atoms with Crippen molar-refractivity contribution >= 4 is 22.6 Å². The standard InChI is InChI=1S/C17H21N5O/c1-12-6-10-22(16(23)3-7-18)11-15(12)21(2)17-13-4-8-19-14(13)5-9-20-17/h4-5,8-9,12,15,19H,3,6,10-11H2,1-2H3/t12-,15?/m1/s1. The van der Waals surface area contributed by atoms with Crippen LogP contribution in [-0.2, 0) is 4.79 Å². The van der Waals surface area contributed by atoms with E-state index in [1.54, 1.807) is 6.20 Å². The number of aromatic amines is 1. The number of piperidine rings is 1. The van der Waals surface area contributed by atoms with Crippen molar-refractivity contribution in [1.82, 2.24) is 14.9 Å². The highest BCUT2D eigenvalue weighted by Gasteiger charge is 2.32. The van der Waals surface area contributed by atoms with E-state index in [1.165, 1.54) is 0 Å². The SMILES string of the molecule is C[C@@H]1CCN(C(=O)CC#N)CC1N(C)c1nccc2[nH]ccc12. The van der Waals surface area contributed by atoms with Gasteiger partial charge >= 0.3 is 0 Å². The van der Waals surface area contributed by atoms with Crippen LogP contribution in [-0.4, -0.2) is 47.0 Å². The van der Waals surface area contributed by atoms with E-state index in [2.05, 4.69) is 21.8 Å². The first-order valence-electron chi connectivity index (χ1n) is 7.91. The molecule has 1 aliphatic heterocycles. The van der Waals surface area contributed by atoms with Crippen molar-refractivity contribution in [2.24, 2.45) is 5.92 Å². The molecule has 0 saturated carbocycles. The van der Waals surface area contributed by atoms with Gasteiger partial charge in [0, 0.05) is 37.9 Å². The number of rotatable bonds is 3. The minimum absolute atomic E-state index is 0.0452. The first kappa shape index (κ1) is 15.3. The molecule has 120 valence electrons. The van der Waals surface area contributed by atoms with Gasteiger partial charge in [-0.05, 0) is 24.5 Å². The van der Waals surface area contributed by atoms with Crippen LogP contribution >= 0.6 is 0 Å². The van der Waals surface area contributed by atoms with E-state index in [-0.39, 0.29) is 18.4 Å². The van der Waals surface area contributed by atoms with Crippen molar-refractivity contribution in [2.45, 2.75) is 25.8 Å². The number of H-pyrrole nitrogens is 1. The number of anilines is 1. The Morgan fingerprint density at radius 3 is 3.17 bits per heavy atom. The molecule has 1 aliphatic rings. The third-order valence-corrected chi connectivity index (χ3v) is 4.79. The van der Waals surface area contributed by atoms with E-state index in [1.807, 2.05) is 36.3 Å². The van der Waals surface area contributed by atoms with Crippen LogP contribution in [0.5, 0.6) is 0 Å². The Labute approximate surface area is 135 Å². The molecule has 6 heteroatoms. The van der Waals surface area contributed by atoms with Crippen molar-refractivity contribution in [3.63, 3.8) is 0 Å². The van der Waals surface area contributed by atoms with Gasteiger partial charge in [-0.3, -0.25) is 4.79 Å². The number of carbonyl (C=O) groups excluding carboxylic acids is 1. The Hall–Kier alpha value is -2.55. The minimum atomic E-state index is -0.0781. The van der Waals surface area contributed by atoms with Gasteiger partial charge in [0.2, 0.25) is 5.91 Å². The summed E-state index contributed by atoms with van der Waals surface area (Å²) in [5, 5.41) is 9.83. The van der Waals surface area contributed by atoms with Gasteiger partial charge in [-0.2, -0.15) is 5.26 Å². The van der Waals surface area contributed by atoms with Crippen LogP contribution in [0.3, 0.4) is 0 Å². The molecule has 0 bridgehead atoms. The van der Waals surface area contributed by atoms with Gasteiger partial charge in [0.1, 0.15) is 12.2 Å². The highest BCUT2D eigenvalue weighted by Crippen LogP contribution is 2.29. The fourth-order valence-electron chi connectivity index (χ4n) is 3.36. The maximum absolute atomic E-state index is 12.0. The molecular formula is C17H21N5O. The van der Waals surface area contributed by atoms with E-state index in [0.717, 1.165) is 29.7 Å². The summed E-state index contributed by atoms with van der Waals surface area (Å²) in [5.41, 5.74) is 1.06. The van der Waals surface area contributed by atoms with Gasteiger partial charge in [0.15, 0.2) is 0 Å². The Kier molecular flexibility index (Phi) is 4.20. The summed E-state index contributed by atoms with van der Waals surface area (Å²) in [6.45, 7) is 3.58. The molecule has 2 atom stereocenters. The van der Waals surface area contributed by atoms with Gasteiger partial charge in [-0.15, -0.1) is 0 Å². The van der Waals surface area contributed by atoms with Crippen LogP contribution in [0.15, 0.2) is 24.5 Å². The molecule has 3 heterocycles. The molecule has 0 spiro atoms. The van der Waals surface area contributed by atoms with Gasteiger partial charge in [-0.1, -0.05) is 6.92 Å². The lowest BCUT2D eigenvalue weighted by Crippen LogP contribution is -2.52. The molecule has 1 unspecified atom stereocenters. The number of carbonyl (C=O) groups is 1. The monoisotopic (exact) mass is 311 g/mol. The minimum Gasteiger partial charge on any atom is -0.361 e. The largest absolute Gasteiger partial charge is 0.361 e. The number of likely N-dealkylation sites (tertiary alicyclic amines) is 1. The molecule has 1 saturated heterocycles. The fourth-order valence-corrected chi connectivity index (χ4v) is 3.36. The van der Waals surface area contributed by atoms with Crippen molar-refractivity contribution < 1.29 is 4.79 Å². The first-order valence-corrected chi connectivity index (χ1v) is 7.91. The van der Waals surface area contributed by atoms with Crippen molar-refractivity contribution in [1.29, 1.82) is 5.26 Å². The van der Waals surface area contributed by atoms with E-state index in [0.29, 0.717) is 12.5 Å². The third-order valence-electron chi connectivity index (χ3n) is 4.79. The average molecular weight is 311 g/mol. The van der Waals surface area contributed by atoms with Gasteiger partial charge < -0.3 is 14.8 Å². The normalized spacial score (nSPS) is 21.2. The van der Waals surface area contributed by atoms with Crippen molar-refractivity contribution in [3.8, 4) is 6.07 Å². The number of nitrogens with one attached hydrogen (secondary N) is 1. The summed E-state index contributed by atoms with van der Waals surface area (Å²) in [6.07, 6.45) is 4.61. The summed E-state index contributed by atoms with van der Waals surface area (Å²) < 4.78 is 0. The first-order chi connectivity index (χ1) is 11.1. The summed E-state index contributed by atoms with van der Waals surface area (Å²) in [4.78, 5) is 23.8. The van der Waals surface area contributed by atoms with E-state index in [4.69, 9.17) is 5.26 Å². The van der Waals surface area contributed by atoms with E-state index in [9.17, 15) is 4.79 Å². The maximum atomic E-state index is 12.0. The van der Waals surface area contributed by atoms with Gasteiger partial charge in [-0.25, -0.2) is 4.98 Å². The molecular weight excluding hydrogens is 290 g/mol. The third kappa shape index (κ3) is 2.87. The number of aromatic nitrogens is 2. The lowest BCUT2D eigenvalue weighted by atomic mass is 9.92. The quantitative estimate of drug-likeness (QED) is 0.942. The molecule has 0 aliphatic carbocycles. The number of pyridine rings is 1. The highest BCUT2D eigenvalue weighted by atomic mass is 16.2. The number of amides is 1. The fraction of sp³-hybridized carbons (Fsp3) is 0.471. The molecule has 1 amide bonds. The summed E-state index contributed by atoms with van der Waals surface area (Å²) in [5.74, 6) is 1.31. The van der Waals surface area contributed by atoms with E-state index < -0.39 is 0 Å². The lowest BCUT2D eigenvalue weighted by molar-refractivity contribution is -0.131. The van der Waals surface area contributed by atoms with Crippen LogP contribution < -0.4 is 4.90 Å². The van der Waals surface area contributed by atoms with Crippen molar-refractivity contribution in [3.05, 3.63) is 24.5 Å². The topological polar surface area (TPSA) is 76.0 Å². The predicted octanol–water partition coefficient (Wildman–Crippen LogP) is 2.15. The zero-order chi connectivity index (χ0) is 16.4. The summed E-state index contributed by atoms with van der Waals surface area (Å²) in [6, 6.07) is 6.13. The molecule has 1 N–H and O–H groups in total. The van der Waals surface area contributed by atoms with E-state index >= 15 is 0 Å². The van der Waals surface area contributed by atoms with Crippen molar-refractivity contribution in [2.75, 3.05) is 25.0 Å². The molecule has 0 radical (unpaired) electrons. The lowest BCUT2D eigenvalue weighted by Gasteiger charge is -2.42. The number of hydrogen-bond donors (Lipinski definition) is 1.